The van der Waals surface area contributed by atoms with E-state index < -0.39 is 97.5 Å². The molecule has 0 aromatic rings. The fourth-order valence-electron chi connectivity index (χ4n) is 12.7. The Balaban J connectivity index is 5.20. The molecule has 0 aliphatic rings. The van der Waals surface area contributed by atoms with Gasteiger partial charge in [0.1, 0.15) is 19.3 Å². The van der Waals surface area contributed by atoms with Gasteiger partial charge in [-0.25, -0.2) is 9.13 Å². The van der Waals surface area contributed by atoms with E-state index in [2.05, 4.69) is 55.4 Å². The first-order valence-electron chi connectivity index (χ1n) is 42.8. The van der Waals surface area contributed by atoms with Gasteiger partial charge in [-0.3, -0.25) is 37.3 Å². The fraction of sp³-hybridized carbons (Fsp3) is 0.952. The number of aliphatic hydroxyl groups excluding tert-OH is 1. The van der Waals surface area contributed by atoms with Crippen molar-refractivity contribution in [3.63, 3.8) is 0 Å². The lowest BCUT2D eigenvalue weighted by Crippen LogP contribution is -2.30. The smallest absolute Gasteiger partial charge is 0.462 e. The zero-order chi connectivity index (χ0) is 75.3. The van der Waals surface area contributed by atoms with Gasteiger partial charge in [0.2, 0.25) is 0 Å². The standard InChI is InChI=1S/C83H162O17P2/c1-9-75(7)61-53-45-36-30-24-20-17-18-22-26-34-40-50-58-65-82(87)99-78(69-93-80(85)63-55-47-38-32-28-27-31-37-46-54-62-76(8)10-2)71-97-101(89,90)95-67-77(84)68-96-102(91,92)98-72-79(70-94-81(86)64-56-48-42-41-44-52-60-74(5)6)100-83(88)66-57-49-39-33-25-21-16-14-12-11-13-15-19-23-29-35-43-51-59-73(3)4/h73-79,84H,9-72H2,1-8H3,(H,89,90)(H,91,92)/t75?,76?,77?,78-,79-/m1/s1. The third kappa shape index (κ3) is 73.6. The Kier molecular flexibility index (Phi) is 70.6. The lowest BCUT2D eigenvalue weighted by molar-refractivity contribution is -0.161. The molecule has 0 aliphatic carbocycles. The molecule has 0 aromatic heterocycles. The Labute approximate surface area is 626 Å². The number of aliphatic hydroxyl groups is 1. The third-order valence-electron chi connectivity index (χ3n) is 20.0. The summed E-state index contributed by atoms with van der Waals surface area (Å²) in [6.07, 6.45) is 59.8. The molecule has 7 atom stereocenters. The topological polar surface area (TPSA) is 237 Å². The van der Waals surface area contributed by atoms with E-state index in [1.165, 1.54) is 225 Å². The van der Waals surface area contributed by atoms with E-state index >= 15 is 0 Å². The van der Waals surface area contributed by atoms with E-state index in [1.54, 1.807) is 0 Å². The SMILES string of the molecule is CCC(C)CCCCCCCCCCCCCCCCC(=O)O[C@H](COC(=O)CCCCCCCCCCCCC(C)CC)COP(=O)(O)OCC(O)COP(=O)(O)OC[C@@H](COC(=O)CCCCCCCCC(C)C)OC(=O)CCCCCCCCCCCCCCCCCCCCC(C)C. The minimum Gasteiger partial charge on any atom is -0.462 e. The molecule has 0 aromatic carbocycles. The summed E-state index contributed by atoms with van der Waals surface area (Å²) < 4.78 is 68.7. The highest BCUT2D eigenvalue weighted by Gasteiger charge is 2.30. The Morgan fingerprint density at radius 3 is 0.696 bits per heavy atom. The van der Waals surface area contributed by atoms with Crippen molar-refractivity contribution in [2.45, 2.75) is 446 Å². The maximum atomic E-state index is 13.1. The van der Waals surface area contributed by atoms with E-state index in [0.29, 0.717) is 31.6 Å². The molecule has 5 unspecified atom stereocenters. The van der Waals surface area contributed by atoms with Crippen molar-refractivity contribution in [1.82, 2.24) is 0 Å². The molecule has 0 amide bonds. The van der Waals surface area contributed by atoms with Gasteiger partial charge in [0.15, 0.2) is 12.2 Å². The second kappa shape index (κ2) is 72.0. The quantitative estimate of drug-likeness (QED) is 0.0222. The number of phosphoric ester groups is 2. The van der Waals surface area contributed by atoms with Crippen molar-refractivity contribution in [2.24, 2.45) is 23.7 Å². The molecular weight excluding hydrogens is 1330 g/mol. The van der Waals surface area contributed by atoms with E-state index in [0.717, 1.165) is 114 Å². The number of unbranched alkanes of at least 4 members (excludes halogenated alkanes) is 44. The highest BCUT2D eigenvalue weighted by molar-refractivity contribution is 7.47. The molecule has 0 saturated heterocycles. The largest absolute Gasteiger partial charge is 0.472 e. The molecule has 3 N–H and O–H groups in total. The van der Waals surface area contributed by atoms with Crippen LogP contribution in [0, 0.1) is 23.7 Å². The van der Waals surface area contributed by atoms with Gasteiger partial charge >= 0.3 is 39.5 Å². The van der Waals surface area contributed by atoms with Crippen LogP contribution in [0.2, 0.25) is 0 Å². The molecule has 102 heavy (non-hydrogen) atoms. The Morgan fingerprint density at radius 1 is 0.275 bits per heavy atom. The number of ether oxygens (including phenoxy) is 4. The zero-order valence-electron chi connectivity index (χ0n) is 67.2. The highest BCUT2D eigenvalue weighted by atomic mass is 31.2. The van der Waals surface area contributed by atoms with E-state index in [1.807, 2.05) is 0 Å². The summed E-state index contributed by atoms with van der Waals surface area (Å²) in [5.74, 6) is 1.04. The summed E-state index contributed by atoms with van der Waals surface area (Å²) in [5, 5.41) is 10.6. The lowest BCUT2D eigenvalue weighted by Gasteiger charge is -2.21. The van der Waals surface area contributed by atoms with E-state index in [9.17, 15) is 43.2 Å². The zero-order valence-corrected chi connectivity index (χ0v) is 69.0. The van der Waals surface area contributed by atoms with Crippen molar-refractivity contribution in [3.05, 3.63) is 0 Å². The molecule has 0 spiro atoms. The first-order valence-corrected chi connectivity index (χ1v) is 45.8. The molecule has 17 nitrogen and oxygen atoms in total. The van der Waals surface area contributed by atoms with Crippen LogP contribution in [0.1, 0.15) is 428 Å². The molecule has 19 heteroatoms. The second-order valence-electron chi connectivity index (χ2n) is 31.3. The summed E-state index contributed by atoms with van der Waals surface area (Å²) in [4.78, 5) is 73.1. The number of phosphoric acid groups is 2. The number of hydrogen-bond acceptors (Lipinski definition) is 15. The van der Waals surface area contributed by atoms with Gasteiger partial charge in [0, 0.05) is 25.7 Å². The predicted octanol–water partition coefficient (Wildman–Crippen LogP) is 24.8. The first kappa shape index (κ1) is 100. The van der Waals surface area contributed by atoms with Gasteiger partial charge in [-0.15, -0.1) is 0 Å². The summed E-state index contributed by atoms with van der Waals surface area (Å²) in [7, 11) is -9.92. The minimum absolute atomic E-state index is 0.107. The molecule has 0 aliphatic heterocycles. The minimum atomic E-state index is -4.96. The number of rotatable bonds is 80. The molecule has 0 heterocycles. The first-order chi connectivity index (χ1) is 49.2. The molecule has 0 fully saturated rings. The van der Waals surface area contributed by atoms with Crippen LogP contribution < -0.4 is 0 Å². The summed E-state index contributed by atoms with van der Waals surface area (Å²) in [5.41, 5.74) is 0. The van der Waals surface area contributed by atoms with Gasteiger partial charge in [-0.05, 0) is 49.4 Å². The van der Waals surface area contributed by atoms with Crippen LogP contribution in [-0.2, 0) is 65.4 Å². The number of carbonyl (C=O) groups excluding carboxylic acids is 4. The van der Waals surface area contributed by atoms with Crippen LogP contribution in [0.4, 0.5) is 0 Å². The van der Waals surface area contributed by atoms with Crippen LogP contribution in [0.3, 0.4) is 0 Å². The van der Waals surface area contributed by atoms with Crippen LogP contribution in [0.25, 0.3) is 0 Å². The molecule has 606 valence electrons. The maximum Gasteiger partial charge on any atom is 0.472 e. The second-order valence-corrected chi connectivity index (χ2v) is 34.2. The normalized spacial score (nSPS) is 14.5. The van der Waals surface area contributed by atoms with Crippen molar-refractivity contribution in [3.8, 4) is 0 Å². The number of esters is 4. The van der Waals surface area contributed by atoms with Crippen LogP contribution >= 0.6 is 15.6 Å². The lowest BCUT2D eigenvalue weighted by atomic mass is 9.99. The highest BCUT2D eigenvalue weighted by Crippen LogP contribution is 2.45. The van der Waals surface area contributed by atoms with Gasteiger partial charge in [-0.1, -0.05) is 376 Å². The van der Waals surface area contributed by atoms with E-state index in [4.69, 9.17) is 37.0 Å². The fourth-order valence-corrected chi connectivity index (χ4v) is 14.3. The van der Waals surface area contributed by atoms with Crippen LogP contribution in [0.5, 0.6) is 0 Å². The van der Waals surface area contributed by atoms with Gasteiger partial charge in [0.05, 0.1) is 26.4 Å². The average Bonchev–Trinajstić information content (AvgIpc) is 0.917. The molecule has 0 saturated carbocycles. The monoisotopic (exact) mass is 1490 g/mol. The molecule has 0 bridgehead atoms. The summed E-state index contributed by atoms with van der Waals surface area (Å²) in [6, 6.07) is 0. The predicted molar refractivity (Wildman–Crippen MR) is 418 cm³/mol. The summed E-state index contributed by atoms with van der Waals surface area (Å²) >= 11 is 0. The maximum absolute atomic E-state index is 13.1. The molecule has 0 rings (SSSR count). The summed E-state index contributed by atoms with van der Waals surface area (Å²) in [6.45, 7) is 14.3. The van der Waals surface area contributed by atoms with Crippen molar-refractivity contribution in [1.29, 1.82) is 0 Å². The van der Waals surface area contributed by atoms with Crippen molar-refractivity contribution in [2.75, 3.05) is 39.6 Å². The van der Waals surface area contributed by atoms with Gasteiger partial charge in [-0.2, -0.15) is 0 Å². The Morgan fingerprint density at radius 2 is 0.471 bits per heavy atom. The van der Waals surface area contributed by atoms with Crippen LogP contribution in [-0.4, -0.2) is 96.7 Å². The molecular formula is C83H162O17P2. The molecule has 0 radical (unpaired) electrons. The van der Waals surface area contributed by atoms with Gasteiger partial charge in [0.25, 0.3) is 0 Å². The third-order valence-corrected chi connectivity index (χ3v) is 21.9. The van der Waals surface area contributed by atoms with E-state index in [-0.39, 0.29) is 25.7 Å². The Bertz CT molecular complexity index is 1990. The Hall–Kier alpha value is -1.94. The van der Waals surface area contributed by atoms with Gasteiger partial charge < -0.3 is 33.8 Å². The number of hydrogen-bond donors (Lipinski definition) is 3. The van der Waals surface area contributed by atoms with Crippen molar-refractivity contribution >= 4 is 39.5 Å². The average molecular weight is 1490 g/mol. The number of carbonyl (C=O) groups is 4. The van der Waals surface area contributed by atoms with Crippen molar-refractivity contribution < 1.29 is 80.2 Å². The van der Waals surface area contributed by atoms with Crippen LogP contribution in [0.15, 0.2) is 0 Å².